The average molecular weight is 293 g/mol. The minimum absolute atomic E-state index is 0.0690. The van der Waals surface area contributed by atoms with Crippen LogP contribution in [0.3, 0.4) is 0 Å². The van der Waals surface area contributed by atoms with Crippen molar-refractivity contribution in [2.45, 2.75) is 19.8 Å². The van der Waals surface area contributed by atoms with Crippen molar-refractivity contribution in [2.24, 2.45) is 0 Å². The Morgan fingerprint density at radius 3 is 2.58 bits per heavy atom. The summed E-state index contributed by atoms with van der Waals surface area (Å²) in [5.41, 5.74) is 2.69. The first kappa shape index (κ1) is 14.1. The first-order valence-corrected chi connectivity index (χ1v) is 6.92. The van der Waals surface area contributed by atoms with Gasteiger partial charge in [-0.3, -0.25) is 4.79 Å². The molecular weight excluding hydrogens is 279 g/mol. The van der Waals surface area contributed by atoms with Crippen molar-refractivity contribution in [3.63, 3.8) is 0 Å². The SMILES string of the molecule is CCc1cccc(C(=O)Cc2ccc(Cl)cc2Cl)c1. The molecule has 0 heterocycles. The summed E-state index contributed by atoms with van der Waals surface area (Å²) in [6.45, 7) is 2.07. The Labute approximate surface area is 123 Å². The molecule has 0 bridgehead atoms. The van der Waals surface area contributed by atoms with Gasteiger partial charge in [-0.2, -0.15) is 0 Å². The lowest BCUT2D eigenvalue weighted by Crippen LogP contribution is -2.04. The maximum absolute atomic E-state index is 12.2. The predicted molar refractivity (Wildman–Crippen MR) is 80.3 cm³/mol. The molecule has 19 heavy (non-hydrogen) atoms. The summed E-state index contributed by atoms with van der Waals surface area (Å²) >= 11 is 11.9. The maximum atomic E-state index is 12.2. The monoisotopic (exact) mass is 292 g/mol. The highest BCUT2D eigenvalue weighted by atomic mass is 35.5. The van der Waals surface area contributed by atoms with Gasteiger partial charge < -0.3 is 0 Å². The molecule has 2 rings (SSSR count). The number of ketones is 1. The molecular formula is C16H14Cl2O. The van der Waals surface area contributed by atoms with Gasteiger partial charge in [-0.1, -0.05) is 54.4 Å². The van der Waals surface area contributed by atoms with Crippen molar-refractivity contribution in [1.29, 1.82) is 0 Å². The van der Waals surface area contributed by atoms with Crippen LogP contribution in [0.1, 0.15) is 28.4 Å². The molecule has 1 nitrogen and oxygen atoms in total. The predicted octanol–water partition coefficient (Wildman–Crippen LogP) is 4.98. The summed E-state index contributed by atoms with van der Waals surface area (Å²) < 4.78 is 0. The van der Waals surface area contributed by atoms with Crippen molar-refractivity contribution in [1.82, 2.24) is 0 Å². The van der Waals surface area contributed by atoms with Crippen LogP contribution in [0, 0.1) is 0 Å². The molecule has 98 valence electrons. The lowest BCUT2D eigenvalue weighted by atomic mass is 10.0. The van der Waals surface area contributed by atoms with Gasteiger partial charge in [0.1, 0.15) is 0 Å². The van der Waals surface area contributed by atoms with Gasteiger partial charge in [0.05, 0.1) is 0 Å². The summed E-state index contributed by atoms with van der Waals surface area (Å²) in [6.07, 6.45) is 1.21. The summed E-state index contributed by atoms with van der Waals surface area (Å²) in [7, 11) is 0. The Balaban J connectivity index is 2.20. The van der Waals surface area contributed by atoms with Gasteiger partial charge in [0, 0.05) is 22.0 Å². The van der Waals surface area contributed by atoms with E-state index in [9.17, 15) is 4.79 Å². The van der Waals surface area contributed by atoms with Crippen molar-refractivity contribution in [3.8, 4) is 0 Å². The molecule has 0 aromatic heterocycles. The molecule has 0 unspecified atom stereocenters. The Kier molecular flexibility index (Phi) is 4.62. The van der Waals surface area contributed by atoms with Gasteiger partial charge in [0.15, 0.2) is 5.78 Å². The van der Waals surface area contributed by atoms with E-state index in [0.717, 1.165) is 23.1 Å². The summed E-state index contributed by atoms with van der Waals surface area (Å²) in [5.74, 6) is 0.0690. The van der Waals surface area contributed by atoms with Crippen molar-refractivity contribution >= 4 is 29.0 Å². The molecule has 0 amide bonds. The minimum atomic E-state index is 0.0690. The fourth-order valence-corrected chi connectivity index (χ4v) is 2.38. The van der Waals surface area contributed by atoms with Gasteiger partial charge in [-0.15, -0.1) is 0 Å². The van der Waals surface area contributed by atoms with E-state index >= 15 is 0 Å². The Bertz CT molecular complexity index is 605. The fraction of sp³-hybridized carbons (Fsp3) is 0.188. The number of Topliss-reactive ketones (excluding diaryl/α,β-unsaturated/α-hetero) is 1. The third kappa shape index (κ3) is 3.59. The van der Waals surface area contributed by atoms with Crippen LogP contribution in [-0.2, 0) is 12.8 Å². The van der Waals surface area contributed by atoms with Gasteiger partial charge >= 0.3 is 0 Å². The zero-order valence-electron chi connectivity index (χ0n) is 10.6. The van der Waals surface area contributed by atoms with E-state index in [2.05, 4.69) is 6.92 Å². The Morgan fingerprint density at radius 2 is 1.89 bits per heavy atom. The second kappa shape index (κ2) is 6.23. The highest BCUT2D eigenvalue weighted by molar-refractivity contribution is 6.35. The van der Waals surface area contributed by atoms with Crippen molar-refractivity contribution in [3.05, 3.63) is 69.2 Å². The molecule has 3 heteroatoms. The number of carbonyl (C=O) groups excluding carboxylic acids is 1. The molecule has 0 fully saturated rings. The van der Waals surface area contributed by atoms with E-state index < -0.39 is 0 Å². The smallest absolute Gasteiger partial charge is 0.167 e. The van der Waals surface area contributed by atoms with Crippen LogP contribution in [0.15, 0.2) is 42.5 Å². The second-order valence-electron chi connectivity index (χ2n) is 4.39. The normalized spacial score (nSPS) is 10.5. The van der Waals surface area contributed by atoms with Crippen LogP contribution in [-0.4, -0.2) is 5.78 Å². The van der Waals surface area contributed by atoms with Gasteiger partial charge in [0.2, 0.25) is 0 Å². The number of carbonyl (C=O) groups is 1. The first-order valence-electron chi connectivity index (χ1n) is 6.16. The highest BCUT2D eigenvalue weighted by Crippen LogP contribution is 2.22. The first-order chi connectivity index (χ1) is 9.10. The van der Waals surface area contributed by atoms with Gasteiger partial charge in [-0.05, 0) is 35.7 Å². The van der Waals surface area contributed by atoms with Crippen LogP contribution in [0.2, 0.25) is 10.0 Å². The topological polar surface area (TPSA) is 17.1 Å². The molecule has 2 aromatic rings. The van der Waals surface area contributed by atoms with Crippen LogP contribution in [0.5, 0.6) is 0 Å². The zero-order valence-corrected chi connectivity index (χ0v) is 12.1. The standard InChI is InChI=1S/C16H14Cl2O/c1-2-11-4-3-5-13(8-11)16(19)9-12-6-7-14(17)10-15(12)18/h3-8,10H,2,9H2,1H3. The zero-order chi connectivity index (χ0) is 13.8. The molecule has 0 aliphatic heterocycles. The summed E-state index contributed by atoms with van der Waals surface area (Å²) in [5, 5.41) is 1.11. The Morgan fingerprint density at radius 1 is 1.11 bits per heavy atom. The number of rotatable bonds is 4. The van der Waals surface area contributed by atoms with Crippen LogP contribution < -0.4 is 0 Å². The lowest BCUT2D eigenvalue weighted by Gasteiger charge is -2.06. The molecule has 0 saturated heterocycles. The maximum Gasteiger partial charge on any atom is 0.167 e. The quantitative estimate of drug-likeness (QED) is 0.726. The number of benzene rings is 2. The summed E-state index contributed by atoms with van der Waals surface area (Å²) in [4.78, 5) is 12.2. The third-order valence-corrected chi connectivity index (χ3v) is 3.61. The highest BCUT2D eigenvalue weighted by Gasteiger charge is 2.10. The molecule has 0 radical (unpaired) electrons. The van der Waals surface area contributed by atoms with E-state index in [1.165, 1.54) is 0 Å². The van der Waals surface area contributed by atoms with E-state index in [-0.39, 0.29) is 5.78 Å². The van der Waals surface area contributed by atoms with E-state index in [0.29, 0.717) is 16.5 Å². The minimum Gasteiger partial charge on any atom is -0.294 e. The van der Waals surface area contributed by atoms with Crippen LogP contribution in [0.25, 0.3) is 0 Å². The third-order valence-electron chi connectivity index (χ3n) is 3.02. The van der Waals surface area contributed by atoms with Crippen molar-refractivity contribution in [2.75, 3.05) is 0 Å². The van der Waals surface area contributed by atoms with E-state index in [4.69, 9.17) is 23.2 Å². The molecule has 2 aromatic carbocycles. The van der Waals surface area contributed by atoms with Gasteiger partial charge in [0.25, 0.3) is 0 Å². The molecule has 0 atom stereocenters. The van der Waals surface area contributed by atoms with E-state index in [1.807, 2.05) is 24.3 Å². The lowest BCUT2D eigenvalue weighted by molar-refractivity contribution is 0.0993. The number of hydrogen-bond donors (Lipinski definition) is 0. The molecule has 0 spiro atoms. The van der Waals surface area contributed by atoms with Gasteiger partial charge in [-0.25, -0.2) is 0 Å². The molecule has 0 aliphatic rings. The second-order valence-corrected chi connectivity index (χ2v) is 5.23. The van der Waals surface area contributed by atoms with Crippen LogP contribution in [0.4, 0.5) is 0 Å². The largest absolute Gasteiger partial charge is 0.294 e. The fourth-order valence-electron chi connectivity index (χ4n) is 1.90. The summed E-state index contributed by atoms with van der Waals surface area (Å²) in [6, 6.07) is 12.9. The Hall–Kier alpha value is -1.31. The van der Waals surface area contributed by atoms with E-state index in [1.54, 1.807) is 18.2 Å². The van der Waals surface area contributed by atoms with Crippen LogP contribution >= 0.6 is 23.2 Å². The number of hydrogen-bond acceptors (Lipinski definition) is 1. The average Bonchev–Trinajstić information content (AvgIpc) is 2.42. The number of aryl methyl sites for hydroxylation is 1. The number of halogens is 2. The molecule has 0 aliphatic carbocycles. The van der Waals surface area contributed by atoms with Crippen molar-refractivity contribution < 1.29 is 4.79 Å². The molecule has 0 N–H and O–H groups in total. The molecule has 0 saturated carbocycles.